The minimum atomic E-state index is -0.915. The summed E-state index contributed by atoms with van der Waals surface area (Å²) in [6.45, 7) is 0.0504. The van der Waals surface area contributed by atoms with Gasteiger partial charge in [0, 0.05) is 25.1 Å². The zero-order valence-corrected chi connectivity index (χ0v) is 13.8. The molecular weight excluding hydrogens is 324 g/mol. The van der Waals surface area contributed by atoms with E-state index in [9.17, 15) is 20.0 Å². The Morgan fingerprint density at radius 3 is 2.64 bits per heavy atom. The molecule has 2 aromatic rings. The molecule has 2 N–H and O–H groups in total. The number of nitrogens with zero attached hydrogens (tertiary/aromatic N) is 1. The highest BCUT2D eigenvalue weighted by molar-refractivity contribution is 5.76. The molecule has 2 rings (SSSR count). The van der Waals surface area contributed by atoms with Crippen molar-refractivity contribution in [1.29, 1.82) is 0 Å². The van der Waals surface area contributed by atoms with Crippen LogP contribution in [0.4, 0.5) is 5.69 Å². The number of nitro benzene ring substituents is 1. The predicted molar refractivity (Wildman–Crippen MR) is 92.4 cm³/mol. The summed E-state index contributed by atoms with van der Waals surface area (Å²) in [4.78, 5) is 22.0. The molecule has 0 aromatic heterocycles. The van der Waals surface area contributed by atoms with E-state index in [4.69, 9.17) is 4.74 Å². The van der Waals surface area contributed by atoms with Crippen LogP contribution in [0.15, 0.2) is 48.5 Å². The maximum absolute atomic E-state index is 11.9. The first-order valence-corrected chi connectivity index (χ1v) is 7.81. The van der Waals surface area contributed by atoms with Gasteiger partial charge in [0.05, 0.1) is 18.1 Å². The number of nitrogens with one attached hydrogen (secondary N) is 1. The van der Waals surface area contributed by atoms with Gasteiger partial charge in [-0.25, -0.2) is 0 Å². The lowest BCUT2D eigenvalue weighted by molar-refractivity contribution is -0.384. The van der Waals surface area contributed by atoms with Gasteiger partial charge in [-0.1, -0.05) is 12.1 Å². The molecule has 132 valence electrons. The molecule has 0 heterocycles. The Morgan fingerprint density at radius 1 is 1.28 bits per heavy atom. The standard InChI is InChI=1S/C18H20N2O5/c1-25-16-4-2-3-13(11-16)5-10-18(22)19-12-17(21)14-6-8-15(9-7-14)20(23)24/h2-4,6-9,11,17,21H,5,10,12H2,1H3,(H,19,22). The Kier molecular flexibility index (Phi) is 6.47. The average Bonchev–Trinajstić information content (AvgIpc) is 2.64. The zero-order valence-electron chi connectivity index (χ0n) is 13.8. The van der Waals surface area contributed by atoms with Gasteiger partial charge in [0.1, 0.15) is 5.75 Å². The number of aryl methyl sites for hydroxylation is 1. The number of nitro groups is 1. The fourth-order valence-corrected chi connectivity index (χ4v) is 2.32. The van der Waals surface area contributed by atoms with Crippen LogP contribution in [0.3, 0.4) is 0 Å². The zero-order chi connectivity index (χ0) is 18.2. The Morgan fingerprint density at radius 2 is 2.00 bits per heavy atom. The van der Waals surface area contributed by atoms with Crippen LogP contribution in [0.1, 0.15) is 23.7 Å². The van der Waals surface area contributed by atoms with Gasteiger partial charge in [0.2, 0.25) is 5.91 Å². The summed E-state index contributed by atoms with van der Waals surface area (Å²) in [5.41, 5.74) is 1.46. The SMILES string of the molecule is COc1cccc(CCC(=O)NCC(O)c2ccc([N+](=O)[O-])cc2)c1. The Hall–Kier alpha value is -2.93. The van der Waals surface area contributed by atoms with Crippen molar-refractivity contribution in [2.45, 2.75) is 18.9 Å². The predicted octanol–water partition coefficient (Wildman–Crippen LogP) is 2.39. The van der Waals surface area contributed by atoms with Crippen LogP contribution in [0.2, 0.25) is 0 Å². The number of methoxy groups -OCH3 is 1. The number of benzene rings is 2. The smallest absolute Gasteiger partial charge is 0.269 e. The third-order valence-electron chi connectivity index (χ3n) is 3.76. The van der Waals surface area contributed by atoms with Gasteiger partial charge in [0.25, 0.3) is 5.69 Å². The van der Waals surface area contributed by atoms with Crippen molar-refractivity contribution in [2.24, 2.45) is 0 Å². The summed E-state index contributed by atoms with van der Waals surface area (Å²) < 4.78 is 5.14. The number of carbonyl (C=O) groups is 1. The highest BCUT2D eigenvalue weighted by Crippen LogP contribution is 2.17. The van der Waals surface area contributed by atoms with Crippen LogP contribution < -0.4 is 10.1 Å². The topological polar surface area (TPSA) is 102 Å². The minimum Gasteiger partial charge on any atom is -0.497 e. The normalized spacial score (nSPS) is 11.6. The van der Waals surface area contributed by atoms with E-state index in [2.05, 4.69) is 5.32 Å². The molecule has 0 aliphatic heterocycles. The van der Waals surface area contributed by atoms with Gasteiger partial charge in [-0.05, 0) is 41.8 Å². The third kappa shape index (κ3) is 5.58. The number of amides is 1. The van der Waals surface area contributed by atoms with Gasteiger partial charge in [-0.3, -0.25) is 14.9 Å². The fraction of sp³-hybridized carbons (Fsp3) is 0.278. The van der Waals surface area contributed by atoms with Crippen molar-refractivity contribution in [1.82, 2.24) is 5.32 Å². The first-order valence-electron chi connectivity index (χ1n) is 7.81. The molecule has 0 aliphatic carbocycles. The third-order valence-corrected chi connectivity index (χ3v) is 3.76. The summed E-state index contributed by atoms with van der Waals surface area (Å²) in [6, 6.07) is 13.1. The molecule has 0 bridgehead atoms. The monoisotopic (exact) mass is 344 g/mol. The number of aliphatic hydroxyl groups excluding tert-OH is 1. The highest BCUT2D eigenvalue weighted by Gasteiger charge is 2.12. The summed E-state index contributed by atoms with van der Waals surface area (Å²) in [5.74, 6) is 0.565. The lowest BCUT2D eigenvalue weighted by atomic mass is 10.1. The van der Waals surface area contributed by atoms with Gasteiger partial charge >= 0.3 is 0 Å². The van der Waals surface area contributed by atoms with Gasteiger partial charge in [-0.15, -0.1) is 0 Å². The number of hydrogen-bond acceptors (Lipinski definition) is 5. The number of carbonyl (C=O) groups excluding carboxylic acids is 1. The van der Waals surface area contributed by atoms with E-state index in [0.717, 1.165) is 11.3 Å². The Balaban J connectivity index is 1.79. The minimum absolute atomic E-state index is 0.0433. The maximum Gasteiger partial charge on any atom is 0.269 e. The molecule has 7 nitrogen and oxygen atoms in total. The van der Waals surface area contributed by atoms with E-state index in [-0.39, 0.29) is 18.1 Å². The van der Waals surface area contributed by atoms with Crippen LogP contribution in [0.5, 0.6) is 5.75 Å². The van der Waals surface area contributed by atoms with Gasteiger partial charge in [-0.2, -0.15) is 0 Å². The van der Waals surface area contributed by atoms with Crippen molar-refractivity contribution >= 4 is 11.6 Å². The van der Waals surface area contributed by atoms with E-state index >= 15 is 0 Å². The van der Waals surface area contributed by atoms with Crippen LogP contribution in [0, 0.1) is 10.1 Å². The fourth-order valence-electron chi connectivity index (χ4n) is 2.32. The van der Waals surface area contributed by atoms with Crippen molar-refractivity contribution in [3.63, 3.8) is 0 Å². The molecule has 1 amide bonds. The summed E-state index contributed by atoms with van der Waals surface area (Å²) in [7, 11) is 1.59. The van der Waals surface area contributed by atoms with Crippen LogP contribution in [0.25, 0.3) is 0 Å². The molecule has 0 saturated carbocycles. The molecule has 0 aliphatic rings. The summed E-state index contributed by atoms with van der Waals surface area (Å²) in [6.07, 6.45) is -0.0573. The lowest BCUT2D eigenvalue weighted by Crippen LogP contribution is -2.28. The molecule has 0 fully saturated rings. The molecule has 0 radical (unpaired) electrons. The Labute approximate surface area is 145 Å². The molecule has 2 aromatic carbocycles. The summed E-state index contributed by atoms with van der Waals surface area (Å²) >= 11 is 0. The number of aliphatic hydroxyl groups is 1. The lowest BCUT2D eigenvalue weighted by Gasteiger charge is -2.12. The second-order valence-electron chi connectivity index (χ2n) is 5.52. The number of non-ortho nitro benzene ring substituents is 1. The largest absolute Gasteiger partial charge is 0.497 e. The van der Waals surface area contributed by atoms with E-state index in [1.54, 1.807) is 7.11 Å². The van der Waals surface area contributed by atoms with E-state index in [0.29, 0.717) is 18.4 Å². The first kappa shape index (κ1) is 18.4. The van der Waals surface area contributed by atoms with Crippen molar-refractivity contribution in [3.05, 3.63) is 69.8 Å². The van der Waals surface area contributed by atoms with E-state index in [1.807, 2.05) is 24.3 Å². The molecule has 1 atom stereocenters. The maximum atomic E-state index is 11.9. The molecule has 0 spiro atoms. The van der Waals surface area contributed by atoms with Crippen molar-refractivity contribution in [2.75, 3.05) is 13.7 Å². The van der Waals surface area contributed by atoms with Crippen LogP contribution in [-0.2, 0) is 11.2 Å². The second kappa shape index (κ2) is 8.79. The van der Waals surface area contributed by atoms with Gasteiger partial charge < -0.3 is 15.2 Å². The Bertz CT molecular complexity index is 731. The second-order valence-corrected chi connectivity index (χ2v) is 5.52. The van der Waals surface area contributed by atoms with Crippen molar-refractivity contribution < 1.29 is 19.6 Å². The number of ether oxygens (including phenoxy) is 1. The van der Waals surface area contributed by atoms with Crippen molar-refractivity contribution in [3.8, 4) is 5.75 Å². The molecule has 25 heavy (non-hydrogen) atoms. The summed E-state index contributed by atoms with van der Waals surface area (Å²) in [5, 5.41) is 23.3. The van der Waals surface area contributed by atoms with E-state index in [1.165, 1.54) is 24.3 Å². The molecular formula is C18H20N2O5. The average molecular weight is 344 g/mol. The number of hydrogen-bond donors (Lipinski definition) is 2. The van der Waals surface area contributed by atoms with E-state index < -0.39 is 11.0 Å². The number of rotatable bonds is 8. The molecule has 7 heteroatoms. The van der Waals surface area contributed by atoms with Crippen LogP contribution >= 0.6 is 0 Å². The first-order chi connectivity index (χ1) is 12.0. The van der Waals surface area contributed by atoms with Crippen LogP contribution in [-0.4, -0.2) is 29.6 Å². The molecule has 1 unspecified atom stereocenters. The highest BCUT2D eigenvalue weighted by atomic mass is 16.6. The molecule has 0 saturated heterocycles. The quantitative estimate of drug-likeness (QED) is 0.565. The van der Waals surface area contributed by atoms with Gasteiger partial charge in [0.15, 0.2) is 0 Å².